The van der Waals surface area contributed by atoms with Crippen molar-refractivity contribution in [2.45, 2.75) is 6.10 Å². The molecule has 1 N–H and O–H groups in total. The van der Waals surface area contributed by atoms with E-state index in [4.69, 9.17) is 32.7 Å². The molecule has 1 heterocycles. The van der Waals surface area contributed by atoms with Crippen LogP contribution in [0, 0.1) is 0 Å². The number of carbonyl (C=O) groups is 1. The molecule has 0 unspecified atom stereocenters. The second-order valence-corrected chi connectivity index (χ2v) is 5.52. The Morgan fingerprint density at radius 1 is 1.48 bits per heavy atom. The summed E-state index contributed by atoms with van der Waals surface area (Å²) in [6.45, 7) is 2.52. The third-order valence-electron chi connectivity index (χ3n) is 3.25. The first kappa shape index (κ1) is 16.4. The van der Waals surface area contributed by atoms with Crippen molar-refractivity contribution in [3.05, 3.63) is 33.8 Å². The van der Waals surface area contributed by atoms with Gasteiger partial charge in [-0.2, -0.15) is 0 Å². The average Bonchev–Trinajstić information content (AvgIpc) is 2.50. The fourth-order valence-electron chi connectivity index (χ4n) is 2.12. The second-order valence-electron chi connectivity index (χ2n) is 4.70. The van der Waals surface area contributed by atoms with E-state index in [1.54, 1.807) is 24.1 Å². The highest BCUT2D eigenvalue weighted by atomic mass is 35.5. The van der Waals surface area contributed by atoms with Crippen LogP contribution in [0.25, 0.3) is 0 Å². The number of halogens is 2. The van der Waals surface area contributed by atoms with Crippen LogP contribution >= 0.6 is 23.2 Å². The molecule has 116 valence electrons. The first-order chi connectivity index (χ1) is 10.1. The summed E-state index contributed by atoms with van der Waals surface area (Å²) < 4.78 is 10.6. The molecule has 2 amide bonds. The number of benzene rings is 1. The smallest absolute Gasteiger partial charge is 0.317 e. The summed E-state index contributed by atoms with van der Waals surface area (Å²) in [4.78, 5) is 13.8. The lowest BCUT2D eigenvalue weighted by atomic mass is 10.1. The Morgan fingerprint density at radius 2 is 2.29 bits per heavy atom. The standard InChI is InChI=1S/C14H18Cl2N2O3/c1-20-6-4-17-14(19)18-5-7-21-13(9-18)10-2-3-11(15)12(16)8-10/h2-3,8,13H,4-7,9H2,1H3,(H,17,19)/t13-/m0/s1. The third-order valence-corrected chi connectivity index (χ3v) is 3.99. The lowest BCUT2D eigenvalue weighted by Crippen LogP contribution is -2.47. The van der Waals surface area contributed by atoms with Gasteiger partial charge in [0.05, 0.1) is 29.8 Å². The van der Waals surface area contributed by atoms with Gasteiger partial charge in [-0.1, -0.05) is 29.3 Å². The van der Waals surface area contributed by atoms with Gasteiger partial charge in [-0.25, -0.2) is 4.79 Å². The molecule has 1 fully saturated rings. The SMILES string of the molecule is COCCNC(=O)N1CCO[C@H](c2ccc(Cl)c(Cl)c2)C1. The van der Waals surface area contributed by atoms with Crippen LogP contribution in [0.5, 0.6) is 0 Å². The lowest BCUT2D eigenvalue weighted by Gasteiger charge is -2.33. The van der Waals surface area contributed by atoms with Crippen molar-refractivity contribution >= 4 is 29.2 Å². The van der Waals surface area contributed by atoms with Gasteiger partial charge < -0.3 is 19.7 Å². The normalized spacial score (nSPS) is 18.6. The summed E-state index contributed by atoms with van der Waals surface area (Å²) in [7, 11) is 1.60. The van der Waals surface area contributed by atoms with Crippen molar-refractivity contribution in [2.24, 2.45) is 0 Å². The van der Waals surface area contributed by atoms with Crippen LogP contribution in [-0.2, 0) is 9.47 Å². The van der Waals surface area contributed by atoms with E-state index in [-0.39, 0.29) is 12.1 Å². The van der Waals surface area contributed by atoms with Crippen molar-refractivity contribution in [3.8, 4) is 0 Å². The maximum atomic E-state index is 12.0. The summed E-state index contributed by atoms with van der Waals surface area (Å²) in [5, 5.41) is 3.80. The number of urea groups is 1. The highest BCUT2D eigenvalue weighted by Gasteiger charge is 2.25. The van der Waals surface area contributed by atoms with Crippen molar-refractivity contribution in [2.75, 3.05) is 40.0 Å². The van der Waals surface area contributed by atoms with E-state index in [1.165, 1.54) is 0 Å². The van der Waals surface area contributed by atoms with E-state index in [0.29, 0.717) is 42.9 Å². The minimum Gasteiger partial charge on any atom is -0.383 e. The van der Waals surface area contributed by atoms with E-state index >= 15 is 0 Å². The number of hydrogen-bond donors (Lipinski definition) is 1. The van der Waals surface area contributed by atoms with Gasteiger partial charge in [0.2, 0.25) is 0 Å². The molecule has 0 spiro atoms. The first-order valence-corrected chi connectivity index (χ1v) is 7.45. The highest BCUT2D eigenvalue weighted by Crippen LogP contribution is 2.28. The Hall–Kier alpha value is -1.01. The summed E-state index contributed by atoms with van der Waals surface area (Å²) in [6, 6.07) is 5.27. The number of ether oxygens (including phenoxy) is 2. The highest BCUT2D eigenvalue weighted by molar-refractivity contribution is 6.42. The van der Waals surface area contributed by atoms with Crippen molar-refractivity contribution < 1.29 is 14.3 Å². The molecule has 7 heteroatoms. The molecule has 1 aromatic rings. The van der Waals surface area contributed by atoms with Gasteiger partial charge in [-0.15, -0.1) is 0 Å². The molecular weight excluding hydrogens is 315 g/mol. The molecular formula is C14H18Cl2N2O3. The number of nitrogens with one attached hydrogen (secondary N) is 1. The molecule has 1 aliphatic heterocycles. The number of rotatable bonds is 4. The molecule has 2 rings (SSSR count). The summed E-state index contributed by atoms with van der Waals surface area (Å²) >= 11 is 11.9. The van der Waals surface area contributed by atoms with Gasteiger partial charge in [0.1, 0.15) is 6.10 Å². The van der Waals surface area contributed by atoms with Crippen molar-refractivity contribution in [1.82, 2.24) is 10.2 Å². The molecule has 0 aliphatic carbocycles. The second kappa shape index (κ2) is 7.84. The summed E-state index contributed by atoms with van der Waals surface area (Å²) in [5.41, 5.74) is 0.916. The number of morpholine rings is 1. The van der Waals surface area contributed by atoms with Crippen LogP contribution in [0.1, 0.15) is 11.7 Å². The molecule has 1 atom stereocenters. The van der Waals surface area contributed by atoms with E-state index in [9.17, 15) is 4.79 Å². The van der Waals surface area contributed by atoms with Crippen LogP contribution < -0.4 is 5.32 Å². The molecule has 0 saturated carbocycles. The zero-order valence-corrected chi connectivity index (χ0v) is 13.3. The molecule has 21 heavy (non-hydrogen) atoms. The Bertz CT molecular complexity index is 499. The maximum absolute atomic E-state index is 12.0. The largest absolute Gasteiger partial charge is 0.383 e. The van der Waals surface area contributed by atoms with E-state index in [0.717, 1.165) is 5.56 Å². The number of methoxy groups -OCH3 is 1. The Morgan fingerprint density at radius 3 is 3.00 bits per heavy atom. The Kier molecular flexibility index (Phi) is 6.11. The van der Waals surface area contributed by atoms with E-state index in [2.05, 4.69) is 5.32 Å². The molecule has 1 aromatic carbocycles. The Balaban J connectivity index is 1.96. The molecule has 5 nitrogen and oxygen atoms in total. The number of amides is 2. The zero-order chi connectivity index (χ0) is 15.2. The van der Waals surface area contributed by atoms with Gasteiger partial charge in [-0.3, -0.25) is 0 Å². The fourth-order valence-corrected chi connectivity index (χ4v) is 2.43. The van der Waals surface area contributed by atoms with Gasteiger partial charge in [0.25, 0.3) is 0 Å². The third kappa shape index (κ3) is 4.48. The number of nitrogens with zero attached hydrogens (tertiary/aromatic N) is 1. The monoisotopic (exact) mass is 332 g/mol. The molecule has 0 aromatic heterocycles. The molecule has 1 saturated heterocycles. The minimum atomic E-state index is -0.193. The van der Waals surface area contributed by atoms with Crippen LogP contribution in [-0.4, -0.2) is 50.9 Å². The Labute approximate surface area is 134 Å². The first-order valence-electron chi connectivity index (χ1n) is 6.70. The topological polar surface area (TPSA) is 50.8 Å². The fraction of sp³-hybridized carbons (Fsp3) is 0.500. The van der Waals surface area contributed by atoms with Crippen LogP contribution in [0.4, 0.5) is 4.79 Å². The van der Waals surface area contributed by atoms with E-state index in [1.807, 2.05) is 6.07 Å². The average molecular weight is 333 g/mol. The van der Waals surface area contributed by atoms with Crippen molar-refractivity contribution in [3.63, 3.8) is 0 Å². The van der Waals surface area contributed by atoms with E-state index < -0.39 is 0 Å². The summed E-state index contributed by atoms with van der Waals surface area (Å²) in [6.07, 6.45) is -0.193. The molecule has 0 radical (unpaired) electrons. The predicted octanol–water partition coefficient (Wildman–Crippen LogP) is 2.72. The maximum Gasteiger partial charge on any atom is 0.317 e. The summed E-state index contributed by atoms with van der Waals surface area (Å²) in [5.74, 6) is 0. The predicted molar refractivity (Wildman–Crippen MR) is 82.0 cm³/mol. The minimum absolute atomic E-state index is 0.111. The molecule has 0 bridgehead atoms. The van der Waals surface area contributed by atoms with Crippen LogP contribution in [0.15, 0.2) is 18.2 Å². The number of carbonyl (C=O) groups excluding carboxylic acids is 1. The van der Waals surface area contributed by atoms with Crippen LogP contribution in [0.3, 0.4) is 0 Å². The zero-order valence-electron chi connectivity index (χ0n) is 11.8. The van der Waals surface area contributed by atoms with Crippen LogP contribution in [0.2, 0.25) is 10.0 Å². The van der Waals surface area contributed by atoms with Gasteiger partial charge in [-0.05, 0) is 17.7 Å². The van der Waals surface area contributed by atoms with Gasteiger partial charge >= 0.3 is 6.03 Å². The quantitative estimate of drug-likeness (QED) is 0.862. The van der Waals surface area contributed by atoms with Crippen molar-refractivity contribution in [1.29, 1.82) is 0 Å². The number of hydrogen-bond acceptors (Lipinski definition) is 3. The van der Waals surface area contributed by atoms with Gasteiger partial charge in [0, 0.05) is 20.2 Å². The van der Waals surface area contributed by atoms with Gasteiger partial charge in [0.15, 0.2) is 0 Å². The lowest BCUT2D eigenvalue weighted by molar-refractivity contribution is -0.0155. The molecule has 1 aliphatic rings.